The number of H-pyrrole nitrogens is 1. The van der Waals surface area contributed by atoms with Crippen molar-refractivity contribution in [2.45, 2.75) is 36.9 Å². The lowest BCUT2D eigenvalue weighted by Gasteiger charge is -2.25. The van der Waals surface area contributed by atoms with E-state index >= 15 is 0 Å². The number of sulfonamides is 1. The zero-order valence-electron chi connectivity index (χ0n) is 18.1. The van der Waals surface area contributed by atoms with Gasteiger partial charge in [0.05, 0.1) is 16.0 Å². The van der Waals surface area contributed by atoms with Crippen LogP contribution in [0.3, 0.4) is 0 Å². The minimum atomic E-state index is -4.88. The summed E-state index contributed by atoms with van der Waals surface area (Å²) in [5, 5.41) is 5.55. The number of benzene rings is 2. The first-order valence-corrected chi connectivity index (χ1v) is 11.2. The number of carbonyl (C=O) groups is 1. The van der Waals surface area contributed by atoms with Gasteiger partial charge in [0.15, 0.2) is 0 Å². The lowest BCUT2D eigenvalue weighted by atomic mass is 9.82. The number of primary amides is 1. The van der Waals surface area contributed by atoms with E-state index in [1.165, 1.54) is 19.9 Å². The molecule has 0 fully saturated rings. The number of nitrogens with two attached hydrogens (primary N) is 1. The van der Waals surface area contributed by atoms with E-state index in [0.717, 1.165) is 6.07 Å². The molecule has 0 aliphatic rings. The number of halogens is 4. The Morgan fingerprint density at radius 1 is 1.26 bits per heavy atom. The number of aromatic nitrogens is 2. The van der Waals surface area contributed by atoms with Crippen LogP contribution in [0.2, 0.25) is 0 Å². The number of nitrogens with one attached hydrogen (secondary N) is 2. The van der Waals surface area contributed by atoms with Crippen LogP contribution in [0, 0.1) is 12.7 Å². The zero-order chi connectivity index (χ0) is 26.3. The second kappa shape index (κ2) is 9.30. The molecule has 35 heavy (non-hydrogen) atoms. The smallest absolute Gasteiger partial charge is 0.391 e. The summed E-state index contributed by atoms with van der Waals surface area (Å²) in [4.78, 5) is 22.5. The van der Waals surface area contributed by atoms with Crippen molar-refractivity contribution in [3.8, 4) is 0 Å². The first-order chi connectivity index (χ1) is 16.1. The Hall–Kier alpha value is -3.46. The molecule has 184 valence electrons. The summed E-state index contributed by atoms with van der Waals surface area (Å²) >= 11 is 0. The molecule has 1 heterocycles. The standard InChI is InChI=1S/C20H17BF4N4O5S/c1-8-12(21)4-5-13(22)15(8)9(2)16(18-27-28-19(31)34-18)29-35(32,33)14-6-3-10(20(23,24)25)7-11(14)17(26)30/h3-7,9,16,29H,1-2H3,(H2,26,30)(H,28,31)/t9-,16+/m1/s1. The lowest BCUT2D eigenvalue weighted by Crippen LogP contribution is -2.34. The molecule has 9 nitrogen and oxygen atoms in total. The Labute approximate surface area is 197 Å². The second-order valence-corrected chi connectivity index (χ2v) is 9.27. The number of rotatable bonds is 7. The molecule has 4 N–H and O–H groups in total. The Balaban J connectivity index is 2.15. The molecule has 0 spiro atoms. The van der Waals surface area contributed by atoms with Gasteiger partial charge in [0.2, 0.25) is 21.8 Å². The maximum atomic E-state index is 14.7. The third kappa shape index (κ3) is 5.30. The van der Waals surface area contributed by atoms with Crippen molar-refractivity contribution in [1.82, 2.24) is 14.9 Å². The largest absolute Gasteiger partial charge is 0.434 e. The van der Waals surface area contributed by atoms with Crippen molar-refractivity contribution in [3.05, 3.63) is 74.8 Å². The molecule has 0 saturated carbocycles. The van der Waals surface area contributed by atoms with Gasteiger partial charge in [0, 0.05) is 5.92 Å². The van der Waals surface area contributed by atoms with Crippen molar-refractivity contribution in [2.24, 2.45) is 5.73 Å². The summed E-state index contributed by atoms with van der Waals surface area (Å²) in [6.07, 6.45) is -4.88. The second-order valence-electron chi connectivity index (χ2n) is 7.59. The summed E-state index contributed by atoms with van der Waals surface area (Å²) in [5.41, 5.74) is 3.33. The van der Waals surface area contributed by atoms with Crippen LogP contribution in [0.25, 0.3) is 0 Å². The van der Waals surface area contributed by atoms with E-state index in [9.17, 15) is 35.6 Å². The lowest BCUT2D eigenvalue weighted by molar-refractivity contribution is -0.137. The number of aromatic amines is 1. The molecule has 1 amide bonds. The quantitative estimate of drug-likeness (QED) is 0.323. The predicted molar refractivity (Wildman–Crippen MR) is 115 cm³/mol. The van der Waals surface area contributed by atoms with Crippen molar-refractivity contribution in [3.63, 3.8) is 0 Å². The van der Waals surface area contributed by atoms with E-state index in [0.29, 0.717) is 18.2 Å². The summed E-state index contributed by atoms with van der Waals surface area (Å²) in [6.45, 7) is 2.87. The molecular formula is C20H17BF4N4O5S. The third-order valence-corrected chi connectivity index (χ3v) is 6.82. The Bertz CT molecular complexity index is 1450. The maximum Gasteiger partial charge on any atom is 0.434 e. The van der Waals surface area contributed by atoms with E-state index in [2.05, 4.69) is 9.82 Å². The topological polar surface area (TPSA) is 148 Å². The number of nitrogens with zero attached hydrogens (tertiary/aromatic N) is 1. The average Bonchev–Trinajstić information content (AvgIpc) is 3.19. The van der Waals surface area contributed by atoms with Crippen LogP contribution in [-0.4, -0.2) is 32.4 Å². The van der Waals surface area contributed by atoms with E-state index < -0.39 is 67.6 Å². The Morgan fingerprint density at radius 2 is 1.91 bits per heavy atom. The van der Waals surface area contributed by atoms with E-state index in [4.69, 9.17) is 18.0 Å². The summed E-state index contributed by atoms with van der Waals surface area (Å²) in [5.74, 6) is -4.84. The van der Waals surface area contributed by atoms with Crippen LogP contribution in [0.4, 0.5) is 17.6 Å². The first-order valence-electron chi connectivity index (χ1n) is 9.76. The molecule has 0 saturated heterocycles. The minimum absolute atomic E-state index is 0.0362. The normalized spacial score (nSPS) is 14.0. The van der Waals surface area contributed by atoms with Crippen LogP contribution in [0.15, 0.2) is 44.4 Å². The Morgan fingerprint density at radius 3 is 2.46 bits per heavy atom. The number of alkyl halides is 3. The van der Waals surface area contributed by atoms with Crippen LogP contribution < -0.4 is 21.7 Å². The van der Waals surface area contributed by atoms with Crippen molar-refractivity contribution in [1.29, 1.82) is 0 Å². The predicted octanol–water partition coefficient (Wildman–Crippen LogP) is 1.55. The molecule has 2 aromatic carbocycles. The molecule has 0 aliphatic heterocycles. The van der Waals surface area contributed by atoms with Gasteiger partial charge in [-0.15, -0.1) is 5.10 Å². The number of hydrogen-bond donors (Lipinski definition) is 3. The molecule has 0 bridgehead atoms. The molecular weight excluding hydrogens is 495 g/mol. The highest BCUT2D eigenvalue weighted by molar-refractivity contribution is 7.89. The first kappa shape index (κ1) is 26.2. The SMILES string of the molecule is [B]c1ccc(F)c([C@@H](C)[C@H](NS(=O)(=O)c2ccc(C(F)(F)F)cc2C(N)=O)c2n[nH]c(=O)o2)c1C. The van der Waals surface area contributed by atoms with Crippen LogP contribution in [0.1, 0.15) is 51.8 Å². The molecule has 0 aliphatic carbocycles. The van der Waals surface area contributed by atoms with Gasteiger partial charge in [-0.05, 0) is 36.8 Å². The van der Waals surface area contributed by atoms with Gasteiger partial charge in [-0.25, -0.2) is 22.7 Å². The minimum Gasteiger partial charge on any atom is -0.391 e. The zero-order valence-corrected chi connectivity index (χ0v) is 18.9. The summed E-state index contributed by atoms with van der Waals surface area (Å²) in [7, 11) is 1.03. The average molecular weight is 512 g/mol. The summed E-state index contributed by atoms with van der Waals surface area (Å²) < 4.78 is 87.4. The van der Waals surface area contributed by atoms with Crippen LogP contribution >= 0.6 is 0 Å². The molecule has 3 aromatic rings. The summed E-state index contributed by atoms with van der Waals surface area (Å²) in [6, 6.07) is 2.11. The Kier molecular flexibility index (Phi) is 6.95. The van der Waals surface area contributed by atoms with Crippen LogP contribution in [0.5, 0.6) is 0 Å². The number of carbonyl (C=O) groups excluding carboxylic acids is 1. The van der Waals surface area contributed by atoms with E-state index in [-0.39, 0.29) is 16.6 Å². The molecule has 0 unspecified atom stereocenters. The van der Waals surface area contributed by atoms with Crippen LogP contribution in [-0.2, 0) is 16.2 Å². The fourth-order valence-corrected chi connectivity index (χ4v) is 5.01. The monoisotopic (exact) mass is 512 g/mol. The molecule has 1 aromatic heterocycles. The highest BCUT2D eigenvalue weighted by Crippen LogP contribution is 2.35. The fraction of sp³-hybridized carbons (Fsp3) is 0.250. The fourth-order valence-electron chi connectivity index (χ4n) is 3.54. The van der Waals surface area contributed by atoms with E-state index in [1.807, 2.05) is 5.10 Å². The van der Waals surface area contributed by atoms with Crippen molar-refractivity contribution in [2.75, 3.05) is 0 Å². The van der Waals surface area contributed by atoms with Gasteiger partial charge in [0.25, 0.3) is 0 Å². The highest BCUT2D eigenvalue weighted by atomic mass is 32.2. The molecule has 2 atom stereocenters. The van der Waals surface area contributed by atoms with Gasteiger partial charge < -0.3 is 10.2 Å². The number of hydrogen-bond acceptors (Lipinski definition) is 6. The maximum absolute atomic E-state index is 14.7. The third-order valence-electron chi connectivity index (χ3n) is 5.32. The van der Waals surface area contributed by atoms with Crippen molar-refractivity contribution >= 4 is 29.2 Å². The van der Waals surface area contributed by atoms with Crippen molar-refractivity contribution < 1.29 is 35.2 Å². The molecule has 3 rings (SSSR count). The van der Waals surface area contributed by atoms with Gasteiger partial charge in [-0.1, -0.05) is 24.0 Å². The molecule has 2 radical (unpaired) electrons. The highest BCUT2D eigenvalue weighted by Gasteiger charge is 2.36. The van der Waals surface area contributed by atoms with Gasteiger partial charge in [0.1, 0.15) is 19.7 Å². The van der Waals surface area contributed by atoms with E-state index in [1.54, 1.807) is 0 Å². The van der Waals surface area contributed by atoms with Gasteiger partial charge in [-0.2, -0.15) is 17.9 Å². The molecule has 15 heteroatoms. The number of amides is 1. The van der Waals surface area contributed by atoms with Gasteiger partial charge >= 0.3 is 11.9 Å². The van der Waals surface area contributed by atoms with Gasteiger partial charge in [-0.3, -0.25) is 4.79 Å².